The molecule has 90 valence electrons. The third-order valence-corrected chi connectivity index (χ3v) is 2.53. The summed E-state index contributed by atoms with van der Waals surface area (Å²) in [5.41, 5.74) is 0.360. The van der Waals surface area contributed by atoms with Crippen molar-refractivity contribution in [3.63, 3.8) is 0 Å². The van der Waals surface area contributed by atoms with Crippen molar-refractivity contribution in [1.29, 1.82) is 5.26 Å². The Morgan fingerprint density at radius 3 is 2.82 bits per heavy atom. The van der Waals surface area contributed by atoms with Gasteiger partial charge in [0.25, 0.3) is 0 Å². The minimum absolute atomic E-state index is 0.122. The van der Waals surface area contributed by atoms with Crippen molar-refractivity contribution in [2.24, 2.45) is 5.92 Å². The summed E-state index contributed by atoms with van der Waals surface area (Å²) >= 11 is 0. The molecule has 0 fully saturated rings. The highest BCUT2D eigenvalue weighted by Gasteiger charge is 2.13. The lowest BCUT2D eigenvalue weighted by molar-refractivity contribution is -0.119. The van der Waals surface area contributed by atoms with Crippen LogP contribution in [0.5, 0.6) is 0 Å². The Morgan fingerprint density at radius 1 is 1.59 bits per heavy atom. The lowest BCUT2D eigenvalue weighted by Gasteiger charge is -2.11. The minimum Gasteiger partial charge on any atom is -0.323 e. The molecule has 3 nitrogen and oxygen atoms in total. The van der Waals surface area contributed by atoms with Crippen molar-refractivity contribution in [3.05, 3.63) is 29.6 Å². The second kappa shape index (κ2) is 6.00. The molecule has 0 saturated carbocycles. The fourth-order valence-corrected chi connectivity index (χ4v) is 1.51. The Hall–Kier alpha value is -1.89. The number of hydrogen-bond acceptors (Lipinski definition) is 2. The van der Waals surface area contributed by atoms with E-state index in [9.17, 15) is 9.18 Å². The third-order valence-electron chi connectivity index (χ3n) is 2.53. The second-order valence-electron chi connectivity index (χ2n) is 3.99. The fourth-order valence-electron chi connectivity index (χ4n) is 1.51. The van der Waals surface area contributed by atoms with Gasteiger partial charge < -0.3 is 5.32 Å². The van der Waals surface area contributed by atoms with Crippen molar-refractivity contribution < 1.29 is 9.18 Å². The quantitative estimate of drug-likeness (QED) is 0.870. The van der Waals surface area contributed by atoms with Crippen molar-refractivity contribution in [1.82, 2.24) is 0 Å². The van der Waals surface area contributed by atoms with Crippen molar-refractivity contribution in [3.8, 4) is 6.07 Å². The van der Waals surface area contributed by atoms with Crippen LogP contribution in [0.3, 0.4) is 0 Å². The Morgan fingerprint density at radius 2 is 2.29 bits per heavy atom. The smallest absolute Gasteiger partial charge is 0.227 e. The first-order chi connectivity index (χ1) is 8.08. The predicted octanol–water partition coefficient (Wildman–Crippen LogP) is 3.07. The maximum Gasteiger partial charge on any atom is 0.227 e. The normalized spacial score (nSPS) is 11.6. The summed E-state index contributed by atoms with van der Waals surface area (Å²) < 4.78 is 13.5. The highest BCUT2D eigenvalue weighted by atomic mass is 19.1. The van der Waals surface area contributed by atoms with E-state index in [1.54, 1.807) is 6.92 Å². The van der Waals surface area contributed by atoms with Crippen LogP contribution in [0.25, 0.3) is 0 Å². The van der Waals surface area contributed by atoms with Crippen LogP contribution >= 0.6 is 0 Å². The summed E-state index contributed by atoms with van der Waals surface area (Å²) in [5.74, 6) is -0.924. The summed E-state index contributed by atoms with van der Waals surface area (Å²) in [6, 6.07) is 5.83. The number of carbonyl (C=O) groups is 1. The molecule has 1 atom stereocenters. The van der Waals surface area contributed by atoms with Gasteiger partial charge in [0.05, 0.1) is 17.3 Å². The van der Waals surface area contributed by atoms with Gasteiger partial charge in [-0.2, -0.15) is 5.26 Å². The molecule has 0 heterocycles. The van der Waals surface area contributed by atoms with E-state index in [0.29, 0.717) is 0 Å². The third kappa shape index (κ3) is 3.56. The van der Waals surface area contributed by atoms with Gasteiger partial charge in [-0.3, -0.25) is 4.79 Å². The average Bonchev–Trinajstić information content (AvgIpc) is 2.31. The largest absolute Gasteiger partial charge is 0.323 e. The van der Waals surface area contributed by atoms with Crippen LogP contribution < -0.4 is 5.32 Å². The molecule has 0 bridgehead atoms. The number of nitrogens with one attached hydrogen (secondary N) is 1. The number of nitrogens with zero attached hydrogens (tertiary/aromatic N) is 1. The monoisotopic (exact) mass is 234 g/mol. The topological polar surface area (TPSA) is 52.9 Å². The zero-order valence-electron chi connectivity index (χ0n) is 9.96. The van der Waals surface area contributed by atoms with E-state index in [-0.39, 0.29) is 23.1 Å². The standard InChI is InChI=1S/C13H15FN2O/c1-3-4-9(2)13(17)16-12-6-5-10(8-15)7-11(12)14/h5-7,9H,3-4H2,1-2H3,(H,16,17). The molecule has 0 radical (unpaired) electrons. The van der Waals surface area contributed by atoms with Crippen molar-refractivity contribution in [2.75, 3.05) is 5.32 Å². The molecule has 0 aliphatic carbocycles. The summed E-state index contributed by atoms with van der Waals surface area (Å²) in [6.07, 6.45) is 1.67. The molecule has 4 heteroatoms. The fraction of sp³-hybridized carbons (Fsp3) is 0.385. The minimum atomic E-state index is -0.582. The molecule has 17 heavy (non-hydrogen) atoms. The SMILES string of the molecule is CCCC(C)C(=O)Nc1ccc(C#N)cc1F. The molecule has 1 amide bonds. The molecule has 0 saturated heterocycles. The molecule has 0 aromatic heterocycles. The lowest BCUT2D eigenvalue weighted by atomic mass is 10.1. The number of carbonyl (C=O) groups excluding carboxylic acids is 1. The molecule has 1 unspecified atom stereocenters. The zero-order valence-corrected chi connectivity index (χ0v) is 9.96. The lowest BCUT2D eigenvalue weighted by Crippen LogP contribution is -2.20. The summed E-state index contributed by atoms with van der Waals surface area (Å²) in [5, 5.41) is 11.1. The molecular formula is C13H15FN2O. The van der Waals surface area contributed by atoms with Gasteiger partial charge in [0.2, 0.25) is 5.91 Å². The first kappa shape index (κ1) is 13.2. The Balaban J connectivity index is 2.76. The maximum atomic E-state index is 13.5. The predicted molar refractivity (Wildman–Crippen MR) is 63.8 cm³/mol. The highest BCUT2D eigenvalue weighted by Crippen LogP contribution is 2.17. The summed E-state index contributed by atoms with van der Waals surface area (Å²) in [7, 11) is 0. The van der Waals surface area contributed by atoms with E-state index in [0.717, 1.165) is 18.9 Å². The number of amides is 1. The van der Waals surface area contributed by atoms with Crippen LogP contribution in [0.15, 0.2) is 18.2 Å². The number of halogens is 1. The van der Waals surface area contributed by atoms with Gasteiger partial charge in [-0.25, -0.2) is 4.39 Å². The number of benzene rings is 1. The van der Waals surface area contributed by atoms with Crippen LogP contribution in [0.2, 0.25) is 0 Å². The highest BCUT2D eigenvalue weighted by molar-refractivity contribution is 5.92. The first-order valence-corrected chi connectivity index (χ1v) is 5.59. The Bertz CT molecular complexity index is 451. The molecule has 1 aromatic rings. The summed E-state index contributed by atoms with van der Waals surface area (Å²) in [4.78, 5) is 11.7. The van der Waals surface area contributed by atoms with Gasteiger partial charge in [0, 0.05) is 5.92 Å². The zero-order chi connectivity index (χ0) is 12.8. The van der Waals surface area contributed by atoms with Gasteiger partial charge in [-0.1, -0.05) is 20.3 Å². The maximum absolute atomic E-state index is 13.5. The van der Waals surface area contributed by atoms with Crippen LogP contribution in [0.1, 0.15) is 32.3 Å². The van der Waals surface area contributed by atoms with Crippen molar-refractivity contribution in [2.45, 2.75) is 26.7 Å². The molecule has 1 rings (SSSR count). The van der Waals surface area contributed by atoms with E-state index < -0.39 is 5.82 Å². The van der Waals surface area contributed by atoms with Gasteiger partial charge >= 0.3 is 0 Å². The van der Waals surface area contributed by atoms with Crippen molar-refractivity contribution >= 4 is 11.6 Å². The van der Waals surface area contributed by atoms with E-state index in [1.807, 2.05) is 13.0 Å². The van der Waals surface area contributed by atoms with Crippen LogP contribution in [-0.2, 0) is 4.79 Å². The Kier molecular flexibility index (Phi) is 4.65. The van der Waals surface area contributed by atoms with Gasteiger partial charge in [0.15, 0.2) is 0 Å². The van der Waals surface area contributed by atoms with Gasteiger partial charge in [0.1, 0.15) is 5.82 Å². The number of hydrogen-bond donors (Lipinski definition) is 1. The molecule has 0 spiro atoms. The molecule has 1 aromatic carbocycles. The van der Waals surface area contributed by atoms with Crippen LogP contribution in [0.4, 0.5) is 10.1 Å². The average molecular weight is 234 g/mol. The van der Waals surface area contributed by atoms with E-state index in [4.69, 9.17) is 5.26 Å². The van der Waals surface area contributed by atoms with E-state index >= 15 is 0 Å². The number of nitriles is 1. The molecule has 1 N–H and O–H groups in total. The molecule has 0 aliphatic rings. The van der Waals surface area contributed by atoms with Crippen LogP contribution in [0, 0.1) is 23.1 Å². The Labute approximate surface area is 100 Å². The second-order valence-corrected chi connectivity index (χ2v) is 3.99. The molecular weight excluding hydrogens is 219 g/mol. The van der Waals surface area contributed by atoms with Crippen LogP contribution in [-0.4, -0.2) is 5.91 Å². The van der Waals surface area contributed by atoms with E-state index in [1.165, 1.54) is 12.1 Å². The molecule has 0 aliphatic heterocycles. The first-order valence-electron chi connectivity index (χ1n) is 5.59. The number of anilines is 1. The number of rotatable bonds is 4. The van der Waals surface area contributed by atoms with Gasteiger partial charge in [-0.15, -0.1) is 0 Å². The summed E-state index contributed by atoms with van der Waals surface area (Å²) in [6.45, 7) is 3.80. The van der Waals surface area contributed by atoms with Gasteiger partial charge in [-0.05, 0) is 24.6 Å². The van der Waals surface area contributed by atoms with E-state index in [2.05, 4.69) is 5.32 Å².